The molecule has 8 atom stereocenters. The van der Waals surface area contributed by atoms with Gasteiger partial charge in [-0.05, 0) is 84.2 Å². The van der Waals surface area contributed by atoms with Gasteiger partial charge in [0.1, 0.15) is 29.4 Å². The number of imidazole rings is 2. The molecule has 4 amide bonds. The summed E-state index contributed by atoms with van der Waals surface area (Å²) in [5.41, 5.74) is 3.13. The predicted octanol–water partition coefficient (Wildman–Crippen LogP) is 5.69. The molecule has 0 unspecified atom stereocenters. The lowest BCUT2D eigenvalue weighted by Crippen LogP contribution is -2.52. The summed E-state index contributed by atoms with van der Waals surface area (Å²) in [4.78, 5) is 72.6. The topological polar surface area (TPSA) is 177 Å². The number of amides is 4. The third-order valence-corrected chi connectivity index (χ3v) is 12.0. The average Bonchev–Trinajstić information content (AvgIpc) is 3.77. The molecular formula is C42H48N8O6. The summed E-state index contributed by atoms with van der Waals surface area (Å²) in [5.74, 6) is 8.10. The van der Waals surface area contributed by atoms with E-state index in [9.17, 15) is 24.3 Å². The van der Waals surface area contributed by atoms with Gasteiger partial charge in [-0.15, -0.1) is 0 Å². The van der Waals surface area contributed by atoms with Gasteiger partial charge in [0.2, 0.25) is 11.8 Å². The number of hydrogen-bond donors (Lipinski definition) is 4. The maximum atomic E-state index is 13.8. The highest BCUT2D eigenvalue weighted by Crippen LogP contribution is 2.54. The highest BCUT2D eigenvalue weighted by Gasteiger charge is 2.57. The molecule has 4 fully saturated rings. The second-order valence-corrected chi connectivity index (χ2v) is 16.4. The number of likely N-dealkylation sites (tertiary alicyclic amines) is 2. The number of H-pyrrole nitrogens is 2. The van der Waals surface area contributed by atoms with E-state index in [0.29, 0.717) is 29.2 Å². The lowest BCUT2D eigenvalue weighted by molar-refractivity contribution is -0.140. The Morgan fingerprint density at radius 1 is 0.839 bits per heavy atom. The van der Waals surface area contributed by atoms with Crippen molar-refractivity contribution in [1.29, 1.82) is 0 Å². The van der Waals surface area contributed by atoms with Crippen molar-refractivity contribution in [2.24, 2.45) is 23.7 Å². The van der Waals surface area contributed by atoms with E-state index in [0.717, 1.165) is 58.2 Å². The van der Waals surface area contributed by atoms with Crippen molar-refractivity contribution >= 4 is 34.8 Å². The highest BCUT2D eigenvalue weighted by molar-refractivity contribution is 5.89. The SMILES string of the molecule is COC(=O)N[C@H](C(=O)N1[C@@H]2C[C@H]2C[C@H]1c1nc(C#Cc2ccc3cc(-c4c[nH]c([C@@H]5C[C@H]6C[C@H]6N5C(=O)[C@H](C(C)C)N(C)C(=O)O)n4)ccc3c2)c[nH]1)C(C)C. The number of aromatic amines is 2. The van der Waals surface area contributed by atoms with Crippen molar-refractivity contribution in [3.05, 3.63) is 71.7 Å². The summed E-state index contributed by atoms with van der Waals surface area (Å²) < 4.78 is 4.78. The van der Waals surface area contributed by atoms with Crippen LogP contribution in [0.25, 0.3) is 22.0 Å². The van der Waals surface area contributed by atoms with Crippen LogP contribution in [0.1, 0.15) is 88.4 Å². The lowest BCUT2D eigenvalue weighted by atomic mass is 10.0. The zero-order valence-electron chi connectivity index (χ0n) is 32.4. The number of nitrogens with zero attached hydrogens (tertiary/aromatic N) is 5. The molecule has 14 nitrogen and oxygen atoms in total. The molecule has 56 heavy (non-hydrogen) atoms. The number of benzene rings is 2. The molecule has 2 saturated carbocycles. The third-order valence-electron chi connectivity index (χ3n) is 12.0. The van der Waals surface area contributed by atoms with Gasteiger partial charge in [0.05, 0.1) is 24.9 Å². The van der Waals surface area contributed by atoms with Crippen molar-refractivity contribution in [2.45, 2.75) is 89.6 Å². The van der Waals surface area contributed by atoms with E-state index in [1.165, 1.54) is 14.2 Å². The van der Waals surface area contributed by atoms with Crippen LogP contribution in [0.15, 0.2) is 48.8 Å². The van der Waals surface area contributed by atoms with E-state index in [1.807, 2.05) is 74.0 Å². The molecule has 4 aromatic rings. The Hall–Kier alpha value is -5.84. The maximum Gasteiger partial charge on any atom is 0.407 e. The van der Waals surface area contributed by atoms with Crippen LogP contribution in [0, 0.1) is 35.5 Å². The third kappa shape index (κ3) is 6.84. The van der Waals surface area contributed by atoms with E-state index >= 15 is 0 Å². The van der Waals surface area contributed by atoms with Gasteiger partial charge >= 0.3 is 12.2 Å². The van der Waals surface area contributed by atoms with Crippen molar-refractivity contribution in [3.63, 3.8) is 0 Å². The van der Waals surface area contributed by atoms with E-state index in [2.05, 4.69) is 33.2 Å². The Morgan fingerprint density at radius 2 is 1.46 bits per heavy atom. The Balaban J connectivity index is 0.956. The summed E-state index contributed by atoms with van der Waals surface area (Å²) >= 11 is 0. The Kier molecular flexibility index (Phi) is 9.50. The molecule has 0 spiro atoms. The number of hydrogen-bond acceptors (Lipinski definition) is 7. The first kappa shape index (κ1) is 37.1. The number of alkyl carbamates (subject to hydrolysis) is 1. The number of piperidine rings is 2. The minimum atomic E-state index is -1.12. The van der Waals surface area contributed by atoms with Gasteiger partial charge in [-0.2, -0.15) is 0 Å². The molecule has 292 valence electrons. The van der Waals surface area contributed by atoms with Crippen molar-refractivity contribution in [2.75, 3.05) is 14.2 Å². The fourth-order valence-electron chi connectivity index (χ4n) is 8.91. The molecule has 4 aliphatic rings. The maximum absolute atomic E-state index is 13.8. The monoisotopic (exact) mass is 760 g/mol. The summed E-state index contributed by atoms with van der Waals surface area (Å²) in [6.07, 6.45) is 5.43. The number of carbonyl (C=O) groups is 4. The number of rotatable bonds is 9. The zero-order valence-corrected chi connectivity index (χ0v) is 32.4. The van der Waals surface area contributed by atoms with Crippen LogP contribution < -0.4 is 5.32 Å². The summed E-state index contributed by atoms with van der Waals surface area (Å²) in [5, 5.41) is 14.4. The number of nitrogens with one attached hydrogen (secondary N) is 3. The van der Waals surface area contributed by atoms with Crippen molar-refractivity contribution in [3.8, 4) is 23.1 Å². The lowest BCUT2D eigenvalue weighted by Gasteiger charge is -2.35. The molecule has 2 aliphatic heterocycles. The first-order valence-corrected chi connectivity index (χ1v) is 19.4. The summed E-state index contributed by atoms with van der Waals surface area (Å²) in [6.45, 7) is 7.57. The Morgan fingerprint density at radius 3 is 2.11 bits per heavy atom. The molecular weight excluding hydrogens is 713 g/mol. The molecule has 0 bridgehead atoms. The zero-order chi connectivity index (χ0) is 39.6. The predicted molar refractivity (Wildman–Crippen MR) is 207 cm³/mol. The van der Waals surface area contributed by atoms with Crippen LogP contribution in [-0.2, 0) is 14.3 Å². The summed E-state index contributed by atoms with van der Waals surface area (Å²) in [7, 11) is 2.75. The van der Waals surface area contributed by atoms with Gasteiger partial charge in [-0.25, -0.2) is 19.6 Å². The number of methoxy groups -OCH3 is 1. The molecule has 4 N–H and O–H groups in total. The van der Waals surface area contributed by atoms with E-state index in [4.69, 9.17) is 14.7 Å². The molecule has 2 aromatic carbocycles. The number of fused-ring (bicyclic) bond motifs is 3. The van der Waals surface area contributed by atoms with Gasteiger partial charge < -0.3 is 34.9 Å². The first-order valence-electron chi connectivity index (χ1n) is 19.4. The van der Waals surface area contributed by atoms with Gasteiger partial charge in [0.15, 0.2) is 0 Å². The van der Waals surface area contributed by atoms with E-state index in [1.54, 1.807) is 6.20 Å². The quantitative estimate of drug-likeness (QED) is 0.157. The Labute approximate surface area is 325 Å². The molecule has 8 rings (SSSR count). The molecule has 2 saturated heterocycles. The molecule has 2 aliphatic carbocycles. The second-order valence-electron chi connectivity index (χ2n) is 16.4. The Bertz CT molecular complexity index is 2270. The van der Waals surface area contributed by atoms with Crippen LogP contribution >= 0.6 is 0 Å². The number of likely N-dealkylation sites (N-methyl/N-ethyl adjacent to an activating group) is 1. The minimum Gasteiger partial charge on any atom is -0.465 e. The fourth-order valence-corrected chi connectivity index (χ4v) is 8.91. The molecule has 0 radical (unpaired) electrons. The highest BCUT2D eigenvalue weighted by atomic mass is 16.5. The van der Waals surface area contributed by atoms with Gasteiger partial charge in [0, 0.05) is 42.7 Å². The van der Waals surface area contributed by atoms with E-state index < -0.39 is 24.3 Å². The molecule has 14 heteroatoms. The number of aromatic nitrogens is 4. The van der Waals surface area contributed by atoms with Crippen molar-refractivity contribution in [1.82, 2.24) is 40.0 Å². The van der Waals surface area contributed by atoms with Gasteiger partial charge in [-0.1, -0.05) is 51.8 Å². The van der Waals surface area contributed by atoms with E-state index in [-0.39, 0.29) is 47.8 Å². The fraction of sp³-hybridized carbons (Fsp3) is 0.476. The summed E-state index contributed by atoms with van der Waals surface area (Å²) in [6, 6.07) is 10.6. The minimum absolute atomic E-state index is 0.110. The number of ether oxygens (including phenoxy) is 1. The smallest absolute Gasteiger partial charge is 0.407 e. The van der Waals surface area contributed by atoms with Crippen LogP contribution in [0.4, 0.5) is 9.59 Å². The molecule has 2 aromatic heterocycles. The normalized spacial score (nSPS) is 24.3. The number of carboxylic acid groups (broad SMARTS) is 1. The van der Waals surface area contributed by atoms with Gasteiger partial charge in [0.25, 0.3) is 0 Å². The second kappa shape index (κ2) is 14.3. The van der Waals surface area contributed by atoms with Gasteiger partial charge in [-0.3, -0.25) is 14.5 Å². The van der Waals surface area contributed by atoms with Crippen LogP contribution in [0.3, 0.4) is 0 Å². The number of carbonyl (C=O) groups excluding carboxylic acids is 3. The molecule has 4 heterocycles. The van der Waals surface area contributed by atoms with Crippen LogP contribution in [-0.4, -0.2) is 102 Å². The first-order chi connectivity index (χ1) is 26.8. The average molecular weight is 761 g/mol. The standard InChI is InChI=1S/C42H48N8O6/c1-21(2)35(47-41(53)56-6)39(51)49-31-15-27(31)17-33(49)37-43-19-29(45-37)12-8-23-7-9-25-14-26(11-10-24(25)13-23)30-20-44-38(46-30)34-18-28-16-32(28)50(34)40(52)36(22(3)4)48(5)42(54)55/h7,9-11,13-14,19-22,27-28,31-36H,15-18H2,1-6H3,(H,43,45)(H,44,46)(H,47,53)(H,54,55)/t27-,28+,31+,32+,33-,34-,35-,36-/m0/s1. The largest absolute Gasteiger partial charge is 0.465 e. The van der Waals surface area contributed by atoms with Crippen LogP contribution in [0.2, 0.25) is 0 Å². The van der Waals surface area contributed by atoms with Crippen molar-refractivity contribution < 1.29 is 29.0 Å². The van der Waals surface area contributed by atoms with Crippen LogP contribution in [0.5, 0.6) is 0 Å².